The minimum absolute atomic E-state index is 0.828. The van der Waals surface area contributed by atoms with E-state index < -0.39 is 5.60 Å². The van der Waals surface area contributed by atoms with Gasteiger partial charge in [-0.1, -0.05) is 109 Å². The topological polar surface area (TPSA) is 20.2 Å². The van der Waals surface area contributed by atoms with E-state index in [1.165, 1.54) is 18.4 Å². The fraction of sp³-hybridized carbons (Fsp3) is 0.200. The van der Waals surface area contributed by atoms with Crippen LogP contribution in [0.4, 0.5) is 0 Å². The minimum atomic E-state index is -1.20. The molecule has 1 heteroatoms. The molecule has 4 rings (SSSR count). The summed E-state index contributed by atoms with van der Waals surface area (Å²) in [7, 11) is 0. The van der Waals surface area contributed by atoms with Gasteiger partial charge in [-0.3, -0.25) is 0 Å². The summed E-state index contributed by atoms with van der Waals surface area (Å²) in [6.45, 7) is 1.87. The van der Waals surface area contributed by atoms with Gasteiger partial charge >= 0.3 is 0 Å². The average molecular weight is 405 g/mol. The van der Waals surface area contributed by atoms with Crippen molar-refractivity contribution in [1.29, 1.82) is 0 Å². The van der Waals surface area contributed by atoms with Gasteiger partial charge in [0.2, 0.25) is 0 Å². The van der Waals surface area contributed by atoms with Crippen molar-refractivity contribution in [2.45, 2.75) is 38.2 Å². The molecule has 0 amide bonds. The zero-order valence-electron chi connectivity index (χ0n) is 18.0. The van der Waals surface area contributed by atoms with E-state index >= 15 is 0 Å². The van der Waals surface area contributed by atoms with Crippen LogP contribution in [-0.2, 0) is 5.60 Å². The fourth-order valence-corrected chi connectivity index (χ4v) is 4.16. The van der Waals surface area contributed by atoms with Crippen molar-refractivity contribution in [1.82, 2.24) is 0 Å². The molecule has 1 aliphatic carbocycles. The average Bonchev–Trinajstić information content (AvgIpc) is 2.84. The summed E-state index contributed by atoms with van der Waals surface area (Å²) >= 11 is 0. The fourth-order valence-electron chi connectivity index (χ4n) is 4.16. The SMILES string of the molecule is CC(O)(/C(=C(\C#CC1=CCCCC1)c1ccccc1)c1ccccc1)c1ccccc1. The van der Waals surface area contributed by atoms with Crippen LogP contribution < -0.4 is 0 Å². The van der Waals surface area contributed by atoms with Crippen molar-refractivity contribution in [2.24, 2.45) is 0 Å². The van der Waals surface area contributed by atoms with Crippen molar-refractivity contribution < 1.29 is 5.11 Å². The van der Waals surface area contributed by atoms with Crippen LogP contribution in [0.3, 0.4) is 0 Å². The standard InChI is InChI=1S/C30H28O/c1-30(31,27-20-12-5-13-21-27)29(26-18-10-4-11-19-26)28(25-16-8-3-9-17-25)23-22-24-14-6-2-7-15-24/h3-5,8-14,16-21,31H,2,6-7,15H2,1H3/b29-28+. The molecular weight excluding hydrogens is 376 g/mol. The van der Waals surface area contributed by atoms with Gasteiger partial charge in [0, 0.05) is 11.1 Å². The maximum Gasteiger partial charge on any atom is 0.114 e. The molecular formula is C30H28O. The summed E-state index contributed by atoms with van der Waals surface area (Å²) in [5.41, 5.74) is 4.53. The molecule has 0 aromatic heterocycles. The molecule has 1 aliphatic rings. The summed E-state index contributed by atoms with van der Waals surface area (Å²) in [6.07, 6.45) is 6.83. The number of hydrogen-bond acceptors (Lipinski definition) is 1. The van der Waals surface area contributed by atoms with Gasteiger partial charge in [-0.15, -0.1) is 0 Å². The first-order valence-corrected chi connectivity index (χ1v) is 11.0. The Balaban J connectivity index is 1.99. The summed E-state index contributed by atoms with van der Waals surface area (Å²) in [5.74, 6) is 6.92. The van der Waals surface area contributed by atoms with Crippen molar-refractivity contribution in [3.63, 3.8) is 0 Å². The van der Waals surface area contributed by atoms with Gasteiger partial charge in [0.25, 0.3) is 0 Å². The first kappa shape index (κ1) is 20.9. The number of aliphatic hydroxyl groups is 1. The van der Waals surface area contributed by atoms with Gasteiger partial charge in [-0.25, -0.2) is 0 Å². The van der Waals surface area contributed by atoms with Crippen LogP contribution in [0.2, 0.25) is 0 Å². The highest BCUT2D eigenvalue weighted by atomic mass is 16.3. The van der Waals surface area contributed by atoms with E-state index in [1.54, 1.807) is 0 Å². The third-order valence-electron chi connectivity index (χ3n) is 5.84. The molecule has 0 saturated heterocycles. The molecule has 1 unspecified atom stereocenters. The van der Waals surface area contributed by atoms with Crippen LogP contribution in [0.5, 0.6) is 0 Å². The predicted molar refractivity (Wildman–Crippen MR) is 130 cm³/mol. The summed E-state index contributed by atoms with van der Waals surface area (Å²) < 4.78 is 0. The Morgan fingerprint density at radius 1 is 0.774 bits per heavy atom. The number of hydrogen-bond donors (Lipinski definition) is 1. The van der Waals surface area contributed by atoms with E-state index in [4.69, 9.17) is 0 Å². The van der Waals surface area contributed by atoms with Gasteiger partial charge < -0.3 is 5.11 Å². The van der Waals surface area contributed by atoms with Crippen LogP contribution in [0.25, 0.3) is 11.1 Å². The molecule has 31 heavy (non-hydrogen) atoms. The molecule has 0 bridgehead atoms. The molecule has 0 saturated carbocycles. The quantitative estimate of drug-likeness (QED) is 0.366. The largest absolute Gasteiger partial charge is 0.381 e. The zero-order valence-corrected chi connectivity index (χ0v) is 18.0. The van der Waals surface area contributed by atoms with E-state index in [0.29, 0.717) is 0 Å². The van der Waals surface area contributed by atoms with Crippen molar-refractivity contribution >= 4 is 11.1 Å². The van der Waals surface area contributed by atoms with E-state index in [0.717, 1.165) is 40.7 Å². The van der Waals surface area contributed by atoms with Crippen molar-refractivity contribution in [2.75, 3.05) is 0 Å². The first-order chi connectivity index (χ1) is 15.2. The second-order valence-corrected chi connectivity index (χ2v) is 8.15. The van der Waals surface area contributed by atoms with Gasteiger partial charge in [0.15, 0.2) is 0 Å². The molecule has 3 aromatic rings. The van der Waals surface area contributed by atoms with Crippen LogP contribution >= 0.6 is 0 Å². The Morgan fingerprint density at radius 2 is 1.35 bits per heavy atom. The third-order valence-corrected chi connectivity index (χ3v) is 5.84. The van der Waals surface area contributed by atoms with Crippen molar-refractivity contribution in [3.05, 3.63) is 119 Å². The first-order valence-electron chi connectivity index (χ1n) is 11.0. The van der Waals surface area contributed by atoms with E-state index in [2.05, 4.69) is 42.2 Å². The minimum Gasteiger partial charge on any atom is -0.381 e. The highest BCUT2D eigenvalue weighted by Gasteiger charge is 2.32. The van der Waals surface area contributed by atoms with Crippen LogP contribution in [0, 0.1) is 11.8 Å². The molecule has 1 nitrogen and oxygen atoms in total. The lowest BCUT2D eigenvalue weighted by Gasteiger charge is -2.29. The van der Waals surface area contributed by atoms with E-state index in [1.807, 2.05) is 73.7 Å². The Kier molecular flexibility index (Phi) is 6.51. The predicted octanol–water partition coefficient (Wildman–Crippen LogP) is 7.01. The highest BCUT2D eigenvalue weighted by Crippen LogP contribution is 2.41. The lowest BCUT2D eigenvalue weighted by atomic mass is 9.79. The summed E-state index contributed by atoms with van der Waals surface area (Å²) in [6, 6.07) is 30.2. The van der Waals surface area contributed by atoms with Crippen LogP contribution in [0.15, 0.2) is 103 Å². The van der Waals surface area contributed by atoms with E-state index in [9.17, 15) is 5.11 Å². The summed E-state index contributed by atoms with van der Waals surface area (Å²) in [5, 5.41) is 11.9. The molecule has 1 N–H and O–H groups in total. The molecule has 0 aliphatic heterocycles. The Labute approximate surface area is 185 Å². The number of rotatable bonds is 4. The second kappa shape index (κ2) is 9.65. The molecule has 154 valence electrons. The number of allylic oxidation sites excluding steroid dienone is 3. The van der Waals surface area contributed by atoms with Crippen LogP contribution in [0.1, 0.15) is 49.3 Å². The molecule has 0 heterocycles. The third kappa shape index (κ3) is 4.88. The Morgan fingerprint density at radius 3 is 1.94 bits per heavy atom. The van der Waals surface area contributed by atoms with Gasteiger partial charge in [-0.2, -0.15) is 0 Å². The zero-order chi connectivity index (χ0) is 21.5. The van der Waals surface area contributed by atoms with Crippen LogP contribution in [-0.4, -0.2) is 5.11 Å². The molecule has 3 aromatic carbocycles. The highest BCUT2D eigenvalue weighted by molar-refractivity contribution is 6.01. The normalized spacial score (nSPS) is 16.3. The lowest BCUT2D eigenvalue weighted by molar-refractivity contribution is 0.123. The number of benzene rings is 3. The van der Waals surface area contributed by atoms with Gasteiger partial charge in [0.05, 0.1) is 0 Å². The molecule has 1 atom stereocenters. The Hall–Kier alpha value is -3.34. The van der Waals surface area contributed by atoms with E-state index in [-0.39, 0.29) is 0 Å². The maximum absolute atomic E-state index is 11.9. The van der Waals surface area contributed by atoms with Gasteiger partial charge in [-0.05, 0) is 54.9 Å². The Bertz CT molecular complexity index is 1120. The van der Waals surface area contributed by atoms with Gasteiger partial charge in [0.1, 0.15) is 5.60 Å². The van der Waals surface area contributed by atoms with Crippen molar-refractivity contribution in [3.8, 4) is 11.8 Å². The smallest absolute Gasteiger partial charge is 0.114 e. The molecule has 0 fully saturated rings. The monoisotopic (exact) mass is 404 g/mol. The second-order valence-electron chi connectivity index (χ2n) is 8.15. The maximum atomic E-state index is 11.9. The molecule has 0 radical (unpaired) electrons. The molecule has 0 spiro atoms. The summed E-state index contributed by atoms with van der Waals surface area (Å²) in [4.78, 5) is 0. The lowest BCUT2D eigenvalue weighted by Crippen LogP contribution is -2.24.